The Balaban J connectivity index is 3.98. The monoisotopic (exact) mass is 294 g/mol. The highest BCUT2D eigenvalue weighted by Crippen LogP contribution is 2.11. The number of rotatable bonds is 8. The first kappa shape index (κ1) is 15.4. The summed E-state index contributed by atoms with van der Waals surface area (Å²) in [7, 11) is 0. The molecule has 0 fully saturated rings. The van der Waals surface area contributed by atoms with Gasteiger partial charge in [-0.1, -0.05) is 42.1 Å². The Kier molecular flexibility index (Phi) is 8.25. The van der Waals surface area contributed by atoms with Crippen LogP contribution in [0.2, 0.25) is 0 Å². The lowest BCUT2D eigenvalue weighted by Gasteiger charge is -2.14. The molecule has 0 rings (SSSR count). The van der Waals surface area contributed by atoms with Gasteiger partial charge in [-0.3, -0.25) is 4.79 Å². The van der Waals surface area contributed by atoms with Gasteiger partial charge in [0, 0.05) is 0 Å². The normalized spacial score (nSPS) is 14.2. The van der Waals surface area contributed by atoms with Crippen molar-refractivity contribution < 1.29 is 19.4 Å². The molecule has 0 heterocycles. The van der Waals surface area contributed by atoms with Gasteiger partial charge in [0.1, 0.15) is 4.83 Å². The van der Waals surface area contributed by atoms with Crippen LogP contribution in [0.3, 0.4) is 0 Å². The molecular weight excluding hydrogens is 276 g/mol. The molecule has 2 unspecified atom stereocenters. The first-order chi connectivity index (χ1) is 7.49. The van der Waals surface area contributed by atoms with Crippen LogP contribution in [0.25, 0.3) is 0 Å². The minimum absolute atomic E-state index is 0.390. The molecule has 0 radical (unpaired) electrons. The number of ether oxygens (including phenoxy) is 1. The van der Waals surface area contributed by atoms with E-state index in [0.29, 0.717) is 6.42 Å². The Morgan fingerprint density at radius 1 is 1.31 bits per heavy atom. The lowest BCUT2D eigenvalue weighted by atomic mass is 10.1. The summed E-state index contributed by atoms with van der Waals surface area (Å²) in [6.07, 6.45) is 3.30. The molecule has 0 aromatic rings. The van der Waals surface area contributed by atoms with Gasteiger partial charge in [-0.25, -0.2) is 4.79 Å². The average molecular weight is 295 g/mol. The van der Waals surface area contributed by atoms with Crippen molar-refractivity contribution in [3.63, 3.8) is 0 Å². The van der Waals surface area contributed by atoms with Crippen LogP contribution in [0, 0.1) is 0 Å². The number of esters is 1. The van der Waals surface area contributed by atoms with E-state index in [1.807, 2.05) is 0 Å². The summed E-state index contributed by atoms with van der Waals surface area (Å²) in [5.41, 5.74) is 0. The Bertz CT molecular complexity index is 228. The van der Waals surface area contributed by atoms with Gasteiger partial charge in [-0.15, -0.1) is 0 Å². The summed E-state index contributed by atoms with van der Waals surface area (Å²) in [5, 5.41) is 8.87. The SMILES string of the molecule is CCCCCCC(OC(=O)C(C)Br)C(=O)O. The molecule has 2 atom stereocenters. The van der Waals surface area contributed by atoms with E-state index in [-0.39, 0.29) is 0 Å². The van der Waals surface area contributed by atoms with Gasteiger partial charge in [0.2, 0.25) is 0 Å². The fourth-order valence-corrected chi connectivity index (χ4v) is 1.33. The van der Waals surface area contributed by atoms with Gasteiger partial charge >= 0.3 is 11.9 Å². The Morgan fingerprint density at radius 2 is 1.94 bits per heavy atom. The number of unbranched alkanes of at least 4 members (excludes halogenated alkanes) is 3. The van der Waals surface area contributed by atoms with Crippen molar-refractivity contribution in [2.24, 2.45) is 0 Å². The third kappa shape index (κ3) is 6.82. The maximum absolute atomic E-state index is 11.2. The van der Waals surface area contributed by atoms with E-state index in [1.165, 1.54) is 0 Å². The van der Waals surface area contributed by atoms with Crippen molar-refractivity contribution in [3.8, 4) is 0 Å². The molecule has 0 aliphatic rings. The van der Waals surface area contributed by atoms with Crippen LogP contribution in [-0.2, 0) is 14.3 Å². The fourth-order valence-electron chi connectivity index (χ4n) is 1.22. The molecule has 0 spiro atoms. The average Bonchev–Trinajstić information content (AvgIpc) is 2.21. The van der Waals surface area contributed by atoms with E-state index in [1.54, 1.807) is 6.92 Å². The first-order valence-corrected chi connectivity index (χ1v) is 6.48. The van der Waals surface area contributed by atoms with Crippen molar-refractivity contribution in [3.05, 3.63) is 0 Å². The predicted molar refractivity (Wildman–Crippen MR) is 64.7 cm³/mol. The molecule has 0 saturated carbocycles. The van der Waals surface area contributed by atoms with Gasteiger partial charge in [-0.2, -0.15) is 0 Å². The minimum atomic E-state index is -1.07. The fraction of sp³-hybridized carbons (Fsp3) is 0.818. The molecule has 0 bridgehead atoms. The van der Waals surface area contributed by atoms with Crippen molar-refractivity contribution in [2.45, 2.75) is 56.9 Å². The van der Waals surface area contributed by atoms with Crippen LogP contribution in [0.15, 0.2) is 0 Å². The standard InChI is InChI=1S/C11H19BrO4/c1-3-4-5-6-7-9(10(13)14)16-11(15)8(2)12/h8-9H,3-7H2,1-2H3,(H,13,14). The molecule has 0 aliphatic carbocycles. The van der Waals surface area contributed by atoms with Gasteiger partial charge in [0.05, 0.1) is 0 Å². The second kappa shape index (κ2) is 8.56. The lowest BCUT2D eigenvalue weighted by Crippen LogP contribution is -2.29. The minimum Gasteiger partial charge on any atom is -0.479 e. The maximum Gasteiger partial charge on any atom is 0.345 e. The third-order valence-corrected chi connectivity index (χ3v) is 2.55. The van der Waals surface area contributed by atoms with Gasteiger partial charge in [0.25, 0.3) is 0 Å². The van der Waals surface area contributed by atoms with Crippen LogP contribution in [0.4, 0.5) is 0 Å². The van der Waals surface area contributed by atoms with Crippen LogP contribution in [0.1, 0.15) is 46.0 Å². The number of hydrogen-bond acceptors (Lipinski definition) is 3. The second-order valence-electron chi connectivity index (χ2n) is 3.73. The van der Waals surface area contributed by atoms with Gasteiger partial charge in [-0.05, 0) is 19.8 Å². The zero-order valence-corrected chi connectivity index (χ0v) is 11.3. The Morgan fingerprint density at radius 3 is 2.38 bits per heavy atom. The maximum atomic E-state index is 11.2. The summed E-state index contributed by atoms with van der Waals surface area (Å²) < 4.78 is 4.87. The van der Waals surface area contributed by atoms with E-state index in [4.69, 9.17) is 9.84 Å². The summed E-state index contributed by atoms with van der Waals surface area (Å²) >= 11 is 3.04. The van der Waals surface area contributed by atoms with Crippen molar-refractivity contribution in [1.29, 1.82) is 0 Å². The van der Waals surface area contributed by atoms with Crippen LogP contribution < -0.4 is 0 Å². The van der Waals surface area contributed by atoms with Crippen molar-refractivity contribution >= 4 is 27.9 Å². The number of carbonyl (C=O) groups excluding carboxylic acids is 1. The first-order valence-electron chi connectivity index (χ1n) is 5.56. The quantitative estimate of drug-likeness (QED) is 0.425. The number of halogens is 1. The van der Waals surface area contributed by atoms with E-state index in [0.717, 1.165) is 25.7 Å². The number of carboxylic acid groups (broad SMARTS) is 1. The topological polar surface area (TPSA) is 63.6 Å². The van der Waals surface area contributed by atoms with E-state index in [9.17, 15) is 9.59 Å². The molecular formula is C11H19BrO4. The molecule has 94 valence electrons. The summed E-state index contributed by atoms with van der Waals surface area (Å²) in [6.45, 7) is 3.69. The van der Waals surface area contributed by atoms with Crippen LogP contribution in [0.5, 0.6) is 0 Å². The van der Waals surface area contributed by atoms with E-state index >= 15 is 0 Å². The second-order valence-corrected chi connectivity index (χ2v) is 5.10. The summed E-state index contributed by atoms with van der Waals surface area (Å²) in [4.78, 5) is 21.6. The Hall–Kier alpha value is -0.580. The molecule has 1 N–H and O–H groups in total. The summed E-state index contributed by atoms with van der Waals surface area (Å²) in [5.74, 6) is -1.60. The van der Waals surface area contributed by atoms with Crippen LogP contribution in [-0.4, -0.2) is 28.0 Å². The molecule has 0 aromatic heterocycles. The number of hydrogen-bond donors (Lipinski definition) is 1. The molecule has 0 amide bonds. The van der Waals surface area contributed by atoms with Gasteiger partial charge in [0.15, 0.2) is 6.10 Å². The molecule has 0 aromatic carbocycles. The number of aliphatic carboxylic acids is 1. The molecule has 0 saturated heterocycles. The highest BCUT2D eigenvalue weighted by Gasteiger charge is 2.23. The Labute approximate surface area is 104 Å². The van der Waals surface area contributed by atoms with Crippen molar-refractivity contribution in [1.82, 2.24) is 0 Å². The highest BCUT2D eigenvalue weighted by atomic mass is 79.9. The number of carbonyl (C=O) groups is 2. The molecule has 0 aliphatic heterocycles. The number of alkyl halides is 1. The zero-order chi connectivity index (χ0) is 12.6. The van der Waals surface area contributed by atoms with Crippen molar-refractivity contribution in [2.75, 3.05) is 0 Å². The predicted octanol–water partition coefficient (Wildman–Crippen LogP) is 2.74. The number of carboxylic acids is 1. The third-order valence-electron chi connectivity index (χ3n) is 2.18. The van der Waals surface area contributed by atoms with Crippen LogP contribution >= 0.6 is 15.9 Å². The smallest absolute Gasteiger partial charge is 0.345 e. The largest absolute Gasteiger partial charge is 0.479 e. The molecule has 5 heteroatoms. The summed E-state index contributed by atoms with van der Waals surface area (Å²) in [6, 6.07) is 0. The molecule has 16 heavy (non-hydrogen) atoms. The highest BCUT2D eigenvalue weighted by molar-refractivity contribution is 9.10. The van der Waals surface area contributed by atoms with Gasteiger partial charge < -0.3 is 9.84 Å². The van der Waals surface area contributed by atoms with E-state index in [2.05, 4.69) is 22.9 Å². The van der Waals surface area contributed by atoms with E-state index < -0.39 is 22.9 Å². The molecule has 4 nitrogen and oxygen atoms in total. The lowest BCUT2D eigenvalue weighted by molar-refractivity contribution is -0.163. The zero-order valence-electron chi connectivity index (χ0n) is 9.74.